The van der Waals surface area contributed by atoms with E-state index in [2.05, 4.69) is 23.7 Å². The molecule has 8 nitrogen and oxygen atoms in total. The molecule has 0 aromatic heterocycles. The minimum Gasteiger partial charge on any atom is -0.494 e. The van der Waals surface area contributed by atoms with E-state index in [-0.39, 0.29) is 36.8 Å². The van der Waals surface area contributed by atoms with Crippen LogP contribution >= 0.6 is 0 Å². The standard InChI is InChI=1S/C32H31N3O5/c1-4-39-32(38)27-13-15-35(20-23-8-6-5-7-9-23)31(37)26(27)12-14-34-30-22(3)40-29-18-24(19-33)16-21(2)17-25(29)10-11-28(30)36/h5-11,15-18,22,30,34,37H,2,4,12,14,20H2,1,3H3/b11-10+/t22-,30+/m1/s1. The van der Waals surface area contributed by atoms with Crippen molar-refractivity contribution < 1.29 is 24.2 Å². The van der Waals surface area contributed by atoms with Crippen LogP contribution in [0.3, 0.4) is 0 Å². The van der Waals surface area contributed by atoms with Gasteiger partial charge in [-0.3, -0.25) is 4.79 Å². The van der Waals surface area contributed by atoms with Crippen molar-refractivity contribution >= 4 is 11.8 Å². The zero-order chi connectivity index (χ0) is 28.6. The summed E-state index contributed by atoms with van der Waals surface area (Å²) in [6.45, 7) is 8.23. The van der Waals surface area contributed by atoms with E-state index in [1.54, 1.807) is 43.1 Å². The van der Waals surface area contributed by atoms with Gasteiger partial charge in [0.25, 0.3) is 0 Å². The fourth-order valence-electron chi connectivity index (χ4n) is 4.57. The van der Waals surface area contributed by atoms with E-state index in [1.165, 1.54) is 12.3 Å². The maximum absolute atomic E-state index is 13.1. The van der Waals surface area contributed by atoms with Crippen LogP contribution in [0, 0.1) is 11.3 Å². The molecule has 0 unspecified atom stereocenters. The molecule has 0 radical (unpaired) electrons. The first-order valence-corrected chi connectivity index (χ1v) is 13.0. The van der Waals surface area contributed by atoms with E-state index in [1.807, 2.05) is 30.3 Å². The van der Waals surface area contributed by atoms with Crippen molar-refractivity contribution in [2.75, 3.05) is 13.2 Å². The molecule has 0 fully saturated rings. The van der Waals surface area contributed by atoms with Crippen LogP contribution in [0.1, 0.15) is 25.8 Å². The molecule has 0 amide bonds. The number of fused-ring (bicyclic) bond motifs is 1. The molecule has 204 valence electrons. The summed E-state index contributed by atoms with van der Waals surface area (Å²) in [6, 6.07) is 11.0. The molecule has 3 aliphatic rings. The Hall–Kier alpha value is -4.83. The molecule has 2 N–H and O–H groups in total. The molecule has 1 aromatic carbocycles. The maximum Gasteiger partial charge on any atom is 0.346 e. The zero-order valence-electron chi connectivity index (χ0n) is 22.5. The topological polar surface area (TPSA) is 112 Å². The number of nitrogens with zero attached hydrogens (tertiary/aromatic N) is 2. The third-order valence-corrected chi connectivity index (χ3v) is 6.52. The number of carbonyl (C=O) groups is 2. The monoisotopic (exact) mass is 537 g/mol. The van der Waals surface area contributed by atoms with Crippen LogP contribution in [-0.2, 0) is 25.6 Å². The Kier molecular flexibility index (Phi) is 9.03. The van der Waals surface area contributed by atoms with E-state index in [0.717, 1.165) is 5.56 Å². The molecule has 2 aliphatic heterocycles. The molecule has 0 spiro atoms. The van der Waals surface area contributed by atoms with Crippen LogP contribution in [0.5, 0.6) is 0 Å². The summed E-state index contributed by atoms with van der Waals surface area (Å²) < 4.78 is 11.3. The van der Waals surface area contributed by atoms with Crippen LogP contribution in [0.2, 0.25) is 0 Å². The van der Waals surface area contributed by atoms with Gasteiger partial charge in [0.05, 0.1) is 31.0 Å². The van der Waals surface area contributed by atoms with E-state index in [9.17, 15) is 20.0 Å². The van der Waals surface area contributed by atoms with Crippen molar-refractivity contribution in [2.45, 2.75) is 39.0 Å². The lowest BCUT2D eigenvalue weighted by Crippen LogP contribution is -2.46. The highest BCUT2D eigenvalue weighted by molar-refractivity contribution is 5.96. The Bertz CT molecular complexity index is 1460. The van der Waals surface area contributed by atoms with E-state index < -0.39 is 18.1 Å². The second-order valence-electron chi connectivity index (χ2n) is 9.42. The van der Waals surface area contributed by atoms with Gasteiger partial charge in [-0.2, -0.15) is 5.26 Å². The lowest BCUT2D eigenvalue weighted by atomic mass is 9.99. The molecule has 4 rings (SSSR count). The Morgan fingerprint density at radius 3 is 2.75 bits per heavy atom. The third-order valence-electron chi connectivity index (χ3n) is 6.52. The molecule has 2 atom stereocenters. The van der Waals surface area contributed by atoms with Crippen molar-refractivity contribution in [3.63, 3.8) is 0 Å². The van der Waals surface area contributed by atoms with Gasteiger partial charge in [-0.15, -0.1) is 0 Å². The summed E-state index contributed by atoms with van der Waals surface area (Å²) in [5.41, 5.74) is 6.13. The number of nitriles is 1. The largest absolute Gasteiger partial charge is 0.494 e. The number of nitrogens with one attached hydrogen (secondary N) is 1. The van der Waals surface area contributed by atoms with Gasteiger partial charge in [0.15, 0.2) is 11.7 Å². The summed E-state index contributed by atoms with van der Waals surface area (Å²) in [6.07, 6.45) is 9.35. The number of aliphatic hydroxyl groups excluding tert-OH is 1. The number of carbonyl (C=O) groups excluding carboxylic acids is 2. The Morgan fingerprint density at radius 2 is 2.02 bits per heavy atom. The molecule has 1 aliphatic carbocycles. The number of rotatable bonds is 8. The fourth-order valence-corrected chi connectivity index (χ4v) is 4.57. The van der Waals surface area contributed by atoms with Gasteiger partial charge in [0.2, 0.25) is 0 Å². The molecule has 0 bridgehead atoms. The van der Waals surface area contributed by atoms with Crippen molar-refractivity contribution in [2.24, 2.45) is 0 Å². The summed E-state index contributed by atoms with van der Waals surface area (Å²) in [5.74, 6) is -0.375. The van der Waals surface area contributed by atoms with E-state index in [0.29, 0.717) is 34.6 Å². The molecule has 40 heavy (non-hydrogen) atoms. The van der Waals surface area contributed by atoms with Gasteiger partial charge in [0, 0.05) is 17.7 Å². The van der Waals surface area contributed by atoms with Gasteiger partial charge < -0.3 is 24.8 Å². The smallest absolute Gasteiger partial charge is 0.346 e. The first kappa shape index (κ1) is 28.2. The number of hydrogen-bond donors (Lipinski definition) is 2. The molecule has 8 heteroatoms. The van der Waals surface area contributed by atoms with Gasteiger partial charge >= 0.3 is 5.97 Å². The minimum absolute atomic E-state index is 0.0740. The molecule has 2 heterocycles. The van der Waals surface area contributed by atoms with Crippen molar-refractivity contribution in [1.82, 2.24) is 10.2 Å². The molecule has 0 saturated carbocycles. The summed E-state index contributed by atoms with van der Waals surface area (Å²) in [4.78, 5) is 27.3. The summed E-state index contributed by atoms with van der Waals surface area (Å²) in [5, 5.41) is 23.8. The summed E-state index contributed by atoms with van der Waals surface area (Å²) >= 11 is 0. The van der Waals surface area contributed by atoms with Crippen LogP contribution < -0.4 is 5.32 Å². The maximum atomic E-state index is 13.1. The number of ether oxygens (including phenoxy) is 2. The number of allylic oxidation sites excluding steroid dienone is 6. The van der Waals surface area contributed by atoms with Crippen molar-refractivity contribution in [3.05, 3.63) is 124 Å². The number of ketones is 1. The number of aliphatic hydroxyl groups is 1. The number of benzene rings is 1. The lowest BCUT2D eigenvalue weighted by Gasteiger charge is -2.28. The van der Waals surface area contributed by atoms with Crippen LogP contribution in [0.25, 0.3) is 0 Å². The van der Waals surface area contributed by atoms with Crippen molar-refractivity contribution in [3.8, 4) is 6.07 Å². The molecule has 1 aromatic rings. The quantitative estimate of drug-likeness (QED) is 0.366. The fraction of sp³-hybridized carbons (Fsp3) is 0.250. The Labute approximate surface area is 233 Å². The Balaban J connectivity index is 1.53. The van der Waals surface area contributed by atoms with Gasteiger partial charge in [-0.1, -0.05) is 42.6 Å². The highest BCUT2D eigenvalue weighted by Gasteiger charge is 2.30. The van der Waals surface area contributed by atoms with Gasteiger partial charge in [0.1, 0.15) is 23.5 Å². The average molecular weight is 538 g/mol. The van der Waals surface area contributed by atoms with E-state index in [4.69, 9.17) is 9.47 Å². The lowest BCUT2D eigenvalue weighted by molar-refractivity contribution is -0.138. The summed E-state index contributed by atoms with van der Waals surface area (Å²) in [7, 11) is 0. The second kappa shape index (κ2) is 12.8. The van der Waals surface area contributed by atoms with Crippen LogP contribution in [0.15, 0.2) is 119 Å². The molecule has 0 saturated heterocycles. The van der Waals surface area contributed by atoms with Crippen LogP contribution in [-0.4, -0.2) is 47.1 Å². The number of esters is 1. The first-order chi connectivity index (χ1) is 19.3. The van der Waals surface area contributed by atoms with Crippen LogP contribution in [0.4, 0.5) is 0 Å². The highest BCUT2D eigenvalue weighted by atomic mass is 16.5. The molecular weight excluding hydrogens is 506 g/mol. The van der Waals surface area contributed by atoms with Gasteiger partial charge in [-0.25, -0.2) is 4.79 Å². The molecular formula is C32H31N3O5. The first-order valence-electron chi connectivity index (χ1n) is 13.0. The van der Waals surface area contributed by atoms with Gasteiger partial charge in [-0.05, 0) is 61.8 Å². The highest BCUT2D eigenvalue weighted by Crippen LogP contribution is 2.28. The normalized spacial score (nSPS) is 21.4. The predicted molar refractivity (Wildman–Crippen MR) is 150 cm³/mol. The zero-order valence-corrected chi connectivity index (χ0v) is 22.5. The predicted octanol–water partition coefficient (Wildman–Crippen LogP) is 4.60. The Morgan fingerprint density at radius 1 is 1.25 bits per heavy atom. The second-order valence-corrected chi connectivity index (χ2v) is 9.42. The SMILES string of the molecule is C=C1C=C(C#N)C=C2O[C@H](C)[C@H](NCCC3=C(O)N(Cc4ccccc4)C=C=C3C(=O)OCC)C(=O)/C=C/C2=C1. The average Bonchev–Trinajstić information content (AvgIpc) is 3.08. The minimum atomic E-state index is -0.711. The van der Waals surface area contributed by atoms with E-state index >= 15 is 0 Å². The van der Waals surface area contributed by atoms with Crippen molar-refractivity contribution in [1.29, 1.82) is 5.26 Å². The number of hydrogen-bond acceptors (Lipinski definition) is 8. The third kappa shape index (κ3) is 6.59.